The van der Waals surface area contributed by atoms with E-state index in [-0.39, 0.29) is 5.91 Å². The quantitative estimate of drug-likeness (QED) is 0.730. The zero-order valence-corrected chi connectivity index (χ0v) is 14.2. The molecule has 2 heterocycles. The summed E-state index contributed by atoms with van der Waals surface area (Å²) in [5, 5.41) is 0.889. The second-order valence-electron chi connectivity index (χ2n) is 6.00. The average molecular weight is 337 g/mol. The van der Waals surface area contributed by atoms with Crippen molar-refractivity contribution >= 4 is 28.7 Å². The molecule has 0 unspecified atom stereocenters. The van der Waals surface area contributed by atoms with Gasteiger partial charge >= 0.3 is 0 Å². The van der Waals surface area contributed by atoms with E-state index < -0.39 is 0 Å². The summed E-state index contributed by atoms with van der Waals surface area (Å²) >= 11 is 1.64. The number of imidazole rings is 1. The number of nitrogens with one attached hydrogen (secondary N) is 1. The Morgan fingerprint density at radius 2 is 1.83 bits per heavy atom. The van der Waals surface area contributed by atoms with Crippen molar-refractivity contribution in [3.05, 3.63) is 59.7 Å². The highest BCUT2D eigenvalue weighted by Gasteiger charge is 2.21. The first-order chi connectivity index (χ1) is 11.8. The second kappa shape index (κ2) is 6.69. The van der Waals surface area contributed by atoms with Gasteiger partial charge in [0.25, 0.3) is 5.91 Å². The fraction of sp³-hybridized carbons (Fsp3) is 0.263. The van der Waals surface area contributed by atoms with Crippen LogP contribution in [0.25, 0.3) is 11.0 Å². The SMILES string of the molecule is O=C(c1ccccc1CSc1nc2ccccc2[nH]1)N1CCCC1. The number of benzene rings is 2. The molecule has 0 atom stereocenters. The number of thioether (sulfide) groups is 1. The molecule has 4 nitrogen and oxygen atoms in total. The van der Waals surface area contributed by atoms with Crippen molar-refractivity contribution < 1.29 is 4.79 Å². The van der Waals surface area contributed by atoms with Crippen LogP contribution in [0.5, 0.6) is 0 Å². The zero-order chi connectivity index (χ0) is 16.4. The van der Waals surface area contributed by atoms with Crippen LogP contribution in [-0.2, 0) is 5.75 Å². The molecule has 0 saturated carbocycles. The van der Waals surface area contributed by atoms with Crippen LogP contribution in [0.15, 0.2) is 53.7 Å². The predicted molar refractivity (Wildman–Crippen MR) is 97.2 cm³/mol. The summed E-state index contributed by atoms with van der Waals surface area (Å²) in [7, 11) is 0. The van der Waals surface area contributed by atoms with E-state index in [2.05, 4.69) is 9.97 Å². The van der Waals surface area contributed by atoms with Gasteiger partial charge in [-0.15, -0.1) is 0 Å². The lowest BCUT2D eigenvalue weighted by Gasteiger charge is -2.17. The largest absolute Gasteiger partial charge is 0.339 e. The van der Waals surface area contributed by atoms with Crippen molar-refractivity contribution in [2.24, 2.45) is 0 Å². The van der Waals surface area contributed by atoms with Crippen molar-refractivity contribution in [1.29, 1.82) is 0 Å². The van der Waals surface area contributed by atoms with Gasteiger partial charge in [0.1, 0.15) is 0 Å². The Morgan fingerprint density at radius 3 is 2.67 bits per heavy atom. The number of H-pyrrole nitrogens is 1. The van der Waals surface area contributed by atoms with E-state index in [0.717, 1.165) is 59.0 Å². The van der Waals surface area contributed by atoms with Crippen LogP contribution in [0.2, 0.25) is 0 Å². The number of amides is 1. The van der Waals surface area contributed by atoms with Crippen LogP contribution in [0.1, 0.15) is 28.8 Å². The Kier molecular flexibility index (Phi) is 4.26. The number of aromatic amines is 1. The molecule has 0 bridgehead atoms. The highest BCUT2D eigenvalue weighted by molar-refractivity contribution is 7.98. The molecule has 0 aliphatic carbocycles. The summed E-state index contributed by atoms with van der Waals surface area (Å²) in [6.07, 6.45) is 2.23. The first-order valence-corrected chi connectivity index (χ1v) is 9.24. The molecule has 2 aromatic carbocycles. The van der Waals surface area contributed by atoms with Gasteiger partial charge in [-0.3, -0.25) is 4.79 Å². The topological polar surface area (TPSA) is 49.0 Å². The second-order valence-corrected chi connectivity index (χ2v) is 6.97. The minimum absolute atomic E-state index is 0.160. The number of fused-ring (bicyclic) bond motifs is 1. The van der Waals surface area contributed by atoms with E-state index in [1.54, 1.807) is 11.8 Å². The number of hydrogen-bond donors (Lipinski definition) is 1. The predicted octanol–water partition coefficient (Wildman–Crippen LogP) is 4.09. The number of rotatable bonds is 4. The number of para-hydroxylation sites is 2. The molecule has 3 aromatic rings. The van der Waals surface area contributed by atoms with Crippen LogP contribution < -0.4 is 0 Å². The molecular formula is C19H19N3OS. The maximum Gasteiger partial charge on any atom is 0.254 e. The van der Waals surface area contributed by atoms with E-state index in [0.29, 0.717) is 0 Å². The Balaban J connectivity index is 1.53. The van der Waals surface area contributed by atoms with Crippen molar-refractivity contribution in [3.8, 4) is 0 Å². The van der Waals surface area contributed by atoms with Crippen LogP contribution in [0.4, 0.5) is 0 Å². The normalized spacial score (nSPS) is 14.4. The molecule has 0 radical (unpaired) electrons. The number of hydrogen-bond acceptors (Lipinski definition) is 3. The van der Waals surface area contributed by atoms with Crippen molar-refractivity contribution in [2.75, 3.05) is 13.1 Å². The molecule has 1 aromatic heterocycles. The number of aromatic nitrogens is 2. The van der Waals surface area contributed by atoms with Crippen LogP contribution in [0, 0.1) is 0 Å². The van der Waals surface area contributed by atoms with Gasteiger partial charge in [-0.25, -0.2) is 4.98 Å². The molecule has 122 valence electrons. The van der Waals surface area contributed by atoms with Crippen molar-refractivity contribution in [3.63, 3.8) is 0 Å². The van der Waals surface area contributed by atoms with Gasteiger partial charge in [-0.05, 0) is 36.6 Å². The average Bonchev–Trinajstić information content (AvgIpc) is 3.28. The van der Waals surface area contributed by atoms with E-state index in [9.17, 15) is 4.79 Å². The number of carbonyl (C=O) groups is 1. The van der Waals surface area contributed by atoms with Crippen LogP contribution >= 0.6 is 11.8 Å². The van der Waals surface area contributed by atoms with Crippen molar-refractivity contribution in [1.82, 2.24) is 14.9 Å². The molecular weight excluding hydrogens is 318 g/mol. The number of nitrogens with zero attached hydrogens (tertiary/aromatic N) is 2. The highest BCUT2D eigenvalue weighted by atomic mass is 32.2. The molecule has 5 heteroatoms. The summed E-state index contributed by atoms with van der Waals surface area (Å²) in [6.45, 7) is 1.76. The van der Waals surface area contributed by atoms with Gasteiger partial charge in [0, 0.05) is 24.4 Å². The van der Waals surface area contributed by atoms with E-state index in [1.165, 1.54) is 0 Å². The molecule has 1 saturated heterocycles. The maximum atomic E-state index is 12.7. The molecule has 1 aliphatic heterocycles. The molecule has 1 amide bonds. The summed E-state index contributed by atoms with van der Waals surface area (Å²) in [6, 6.07) is 15.9. The Labute approximate surface area is 145 Å². The van der Waals surface area contributed by atoms with Crippen LogP contribution in [0.3, 0.4) is 0 Å². The summed E-state index contributed by atoms with van der Waals surface area (Å²) < 4.78 is 0. The summed E-state index contributed by atoms with van der Waals surface area (Å²) in [5.41, 5.74) is 3.91. The molecule has 4 rings (SSSR count). The standard InChI is InChI=1S/C19H19N3OS/c23-18(22-11-5-6-12-22)15-8-2-1-7-14(15)13-24-19-20-16-9-3-4-10-17(16)21-19/h1-4,7-10H,5-6,11-13H2,(H,20,21). The molecule has 1 N–H and O–H groups in total. The smallest absolute Gasteiger partial charge is 0.254 e. The van der Waals surface area contributed by atoms with Gasteiger partial charge < -0.3 is 9.88 Å². The Hall–Kier alpha value is -2.27. The Bertz CT molecular complexity index is 835. The van der Waals surface area contributed by atoms with E-state index in [1.807, 2.05) is 53.4 Å². The molecule has 0 spiro atoms. The minimum Gasteiger partial charge on any atom is -0.339 e. The molecule has 24 heavy (non-hydrogen) atoms. The Morgan fingerprint density at radius 1 is 1.08 bits per heavy atom. The molecule has 1 fully saturated rings. The van der Waals surface area contributed by atoms with Crippen molar-refractivity contribution in [2.45, 2.75) is 23.8 Å². The fourth-order valence-electron chi connectivity index (χ4n) is 3.09. The third kappa shape index (κ3) is 3.04. The van der Waals surface area contributed by atoms with Gasteiger partial charge in [-0.2, -0.15) is 0 Å². The zero-order valence-electron chi connectivity index (χ0n) is 13.4. The maximum absolute atomic E-state index is 12.7. The first kappa shape index (κ1) is 15.3. The van der Waals surface area contributed by atoms with Gasteiger partial charge in [0.15, 0.2) is 5.16 Å². The molecule has 1 aliphatic rings. The lowest BCUT2D eigenvalue weighted by atomic mass is 10.1. The third-order valence-corrected chi connectivity index (χ3v) is 5.30. The lowest BCUT2D eigenvalue weighted by molar-refractivity contribution is 0.0792. The number of carbonyl (C=O) groups excluding carboxylic acids is 1. The summed E-state index contributed by atoms with van der Waals surface area (Å²) in [4.78, 5) is 22.6. The van der Waals surface area contributed by atoms with Crippen LogP contribution in [-0.4, -0.2) is 33.9 Å². The highest BCUT2D eigenvalue weighted by Crippen LogP contribution is 2.25. The summed E-state index contributed by atoms with van der Waals surface area (Å²) in [5.74, 6) is 0.892. The van der Waals surface area contributed by atoms with E-state index in [4.69, 9.17) is 0 Å². The minimum atomic E-state index is 0.160. The van der Waals surface area contributed by atoms with Gasteiger partial charge in [0.2, 0.25) is 0 Å². The fourth-order valence-corrected chi connectivity index (χ4v) is 3.98. The lowest BCUT2D eigenvalue weighted by Crippen LogP contribution is -2.28. The van der Waals surface area contributed by atoms with Gasteiger partial charge in [0.05, 0.1) is 11.0 Å². The van der Waals surface area contributed by atoms with Gasteiger partial charge in [-0.1, -0.05) is 42.1 Å². The first-order valence-electron chi connectivity index (χ1n) is 8.26. The van der Waals surface area contributed by atoms with E-state index >= 15 is 0 Å². The monoisotopic (exact) mass is 337 g/mol. The third-order valence-electron chi connectivity index (χ3n) is 4.37. The number of likely N-dealkylation sites (tertiary alicyclic amines) is 1.